The van der Waals surface area contributed by atoms with Crippen LogP contribution in [0.5, 0.6) is 5.75 Å². The second-order valence-electron chi connectivity index (χ2n) is 4.23. The summed E-state index contributed by atoms with van der Waals surface area (Å²) in [6, 6.07) is 12.6. The Bertz CT molecular complexity index is 533. The van der Waals surface area contributed by atoms with Crippen LogP contribution in [0.3, 0.4) is 0 Å². The van der Waals surface area contributed by atoms with E-state index in [-0.39, 0.29) is 0 Å². The van der Waals surface area contributed by atoms with Crippen molar-refractivity contribution < 1.29 is 9.47 Å². The van der Waals surface area contributed by atoms with Gasteiger partial charge in [0.25, 0.3) is 0 Å². The Kier molecular flexibility index (Phi) is 2.11. The van der Waals surface area contributed by atoms with Crippen LogP contribution in [0.2, 0.25) is 0 Å². The number of hydrogen-bond acceptors (Lipinski definition) is 2. The van der Waals surface area contributed by atoms with Gasteiger partial charge in [0, 0.05) is 0 Å². The molecule has 1 aliphatic heterocycles. The van der Waals surface area contributed by atoms with Gasteiger partial charge in [-0.1, -0.05) is 18.2 Å². The first-order valence-electron chi connectivity index (χ1n) is 5.51. The summed E-state index contributed by atoms with van der Waals surface area (Å²) in [6.07, 6.45) is 0.669. The van der Waals surface area contributed by atoms with Gasteiger partial charge in [0.15, 0.2) is 0 Å². The van der Waals surface area contributed by atoms with Crippen LogP contribution in [0.15, 0.2) is 36.4 Å². The molecule has 2 nitrogen and oxygen atoms in total. The van der Waals surface area contributed by atoms with Gasteiger partial charge in [-0.2, -0.15) is 0 Å². The number of methoxy groups -OCH3 is 1. The Labute approximate surface area is 94.8 Å². The molecular formula is C14H14O2. The van der Waals surface area contributed by atoms with E-state index in [4.69, 9.17) is 9.47 Å². The predicted molar refractivity (Wildman–Crippen MR) is 63.8 cm³/mol. The van der Waals surface area contributed by atoms with Crippen LogP contribution in [0.4, 0.5) is 0 Å². The topological polar surface area (TPSA) is 21.8 Å². The SMILES string of the molecule is COc1ccc2cc(C3OC3C)ccc2c1. The Morgan fingerprint density at radius 2 is 1.75 bits per heavy atom. The highest BCUT2D eigenvalue weighted by molar-refractivity contribution is 5.84. The molecule has 1 heterocycles. The first kappa shape index (κ1) is 9.67. The van der Waals surface area contributed by atoms with Crippen molar-refractivity contribution in [2.24, 2.45) is 0 Å². The lowest BCUT2D eigenvalue weighted by Gasteiger charge is -2.04. The normalized spacial score (nSPS) is 23.4. The minimum atomic E-state index is 0.298. The zero-order valence-corrected chi connectivity index (χ0v) is 9.44. The summed E-state index contributed by atoms with van der Waals surface area (Å²) in [6.45, 7) is 2.10. The van der Waals surface area contributed by atoms with Crippen molar-refractivity contribution in [3.63, 3.8) is 0 Å². The standard InChI is InChI=1S/C14H14O2/c1-9-14(16-9)12-4-3-11-8-13(15-2)6-5-10(11)7-12/h3-9,14H,1-2H3. The molecule has 1 aliphatic rings. The van der Waals surface area contributed by atoms with E-state index in [1.165, 1.54) is 16.3 Å². The van der Waals surface area contributed by atoms with Crippen LogP contribution < -0.4 is 4.74 Å². The molecule has 0 radical (unpaired) electrons. The van der Waals surface area contributed by atoms with E-state index in [0.29, 0.717) is 12.2 Å². The summed E-state index contributed by atoms with van der Waals surface area (Å²) >= 11 is 0. The highest BCUT2D eigenvalue weighted by Crippen LogP contribution is 2.39. The van der Waals surface area contributed by atoms with Crippen LogP contribution in [0.1, 0.15) is 18.6 Å². The second kappa shape index (κ2) is 3.49. The molecule has 2 unspecified atom stereocenters. The summed E-state index contributed by atoms with van der Waals surface area (Å²) < 4.78 is 10.7. The molecule has 1 saturated heterocycles. The van der Waals surface area contributed by atoms with Crippen molar-refractivity contribution >= 4 is 10.8 Å². The maximum absolute atomic E-state index is 5.47. The average molecular weight is 214 g/mol. The van der Waals surface area contributed by atoms with Crippen LogP contribution in [-0.2, 0) is 4.74 Å². The number of hydrogen-bond donors (Lipinski definition) is 0. The molecule has 0 N–H and O–H groups in total. The predicted octanol–water partition coefficient (Wildman–Crippen LogP) is 3.31. The molecule has 82 valence electrons. The van der Waals surface area contributed by atoms with E-state index in [0.717, 1.165) is 5.75 Å². The van der Waals surface area contributed by atoms with E-state index in [1.807, 2.05) is 6.07 Å². The number of epoxide rings is 1. The Morgan fingerprint density at radius 3 is 2.44 bits per heavy atom. The number of ether oxygens (including phenoxy) is 2. The molecule has 0 saturated carbocycles. The summed E-state index contributed by atoms with van der Waals surface area (Å²) in [5, 5.41) is 2.44. The van der Waals surface area contributed by atoms with Crippen molar-refractivity contribution in [1.29, 1.82) is 0 Å². The summed E-state index contributed by atoms with van der Waals surface area (Å²) in [5.74, 6) is 0.899. The first-order chi connectivity index (χ1) is 7.78. The van der Waals surface area contributed by atoms with Crippen LogP contribution in [-0.4, -0.2) is 13.2 Å². The van der Waals surface area contributed by atoms with Crippen molar-refractivity contribution in [2.45, 2.75) is 19.1 Å². The fourth-order valence-electron chi connectivity index (χ4n) is 2.08. The highest BCUT2D eigenvalue weighted by Gasteiger charge is 2.35. The number of fused-ring (bicyclic) bond motifs is 1. The molecule has 16 heavy (non-hydrogen) atoms. The van der Waals surface area contributed by atoms with E-state index >= 15 is 0 Å². The maximum Gasteiger partial charge on any atom is 0.119 e. The zero-order chi connectivity index (χ0) is 11.1. The summed E-state index contributed by atoms with van der Waals surface area (Å²) in [4.78, 5) is 0. The van der Waals surface area contributed by atoms with Gasteiger partial charge in [-0.05, 0) is 41.5 Å². The molecule has 0 amide bonds. The molecule has 0 aromatic heterocycles. The monoisotopic (exact) mass is 214 g/mol. The van der Waals surface area contributed by atoms with Gasteiger partial charge in [0.1, 0.15) is 11.9 Å². The average Bonchev–Trinajstić information content (AvgIpc) is 3.05. The highest BCUT2D eigenvalue weighted by atomic mass is 16.6. The van der Waals surface area contributed by atoms with Crippen LogP contribution in [0, 0.1) is 0 Å². The number of benzene rings is 2. The van der Waals surface area contributed by atoms with Gasteiger partial charge in [0.2, 0.25) is 0 Å². The van der Waals surface area contributed by atoms with E-state index < -0.39 is 0 Å². The summed E-state index contributed by atoms with van der Waals surface area (Å²) in [7, 11) is 1.69. The molecule has 2 heteroatoms. The van der Waals surface area contributed by atoms with Crippen LogP contribution >= 0.6 is 0 Å². The molecule has 0 spiro atoms. The van der Waals surface area contributed by atoms with Crippen molar-refractivity contribution in [3.8, 4) is 5.75 Å². The minimum absolute atomic E-state index is 0.298. The quantitative estimate of drug-likeness (QED) is 0.715. The van der Waals surface area contributed by atoms with E-state index in [1.54, 1.807) is 7.11 Å². The van der Waals surface area contributed by atoms with Gasteiger partial charge < -0.3 is 9.47 Å². The van der Waals surface area contributed by atoms with Crippen LogP contribution in [0.25, 0.3) is 10.8 Å². The molecule has 0 aliphatic carbocycles. The molecular weight excluding hydrogens is 200 g/mol. The second-order valence-corrected chi connectivity index (χ2v) is 4.23. The Hall–Kier alpha value is -1.54. The van der Waals surface area contributed by atoms with E-state index in [2.05, 4.69) is 37.3 Å². The van der Waals surface area contributed by atoms with E-state index in [9.17, 15) is 0 Å². The van der Waals surface area contributed by atoms with Gasteiger partial charge >= 0.3 is 0 Å². The third-order valence-corrected chi connectivity index (χ3v) is 3.11. The fourth-order valence-corrected chi connectivity index (χ4v) is 2.08. The molecule has 0 bridgehead atoms. The lowest BCUT2D eigenvalue weighted by Crippen LogP contribution is -1.85. The smallest absolute Gasteiger partial charge is 0.119 e. The molecule has 2 atom stereocenters. The molecule has 2 aromatic rings. The maximum atomic E-state index is 5.47. The van der Waals surface area contributed by atoms with Crippen molar-refractivity contribution in [2.75, 3.05) is 7.11 Å². The molecule has 1 fully saturated rings. The summed E-state index contributed by atoms with van der Waals surface area (Å²) in [5.41, 5.74) is 1.27. The largest absolute Gasteiger partial charge is 0.497 e. The fraction of sp³-hybridized carbons (Fsp3) is 0.286. The van der Waals surface area contributed by atoms with Gasteiger partial charge in [-0.15, -0.1) is 0 Å². The molecule has 2 aromatic carbocycles. The van der Waals surface area contributed by atoms with Gasteiger partial charge in [0.05, 0.1) is 13.2 Å². The van der Waals surface area contributed by atoms with Gasteiger partial charge in [-0.3, -0.25) is 0 Å². The lowest BCUT2D eigenvalue weighted by molar-refractivity contribution is 0.383. The Balaban J connectivity index is 2.05. The third-order valence-electron chi connectivity index (χ3n) is 3.11. The first-order valence-corrected chi connectivity index (χ1v) is 5.51. The van der Waals surface area contributed by atoms with Gasteiger partial charge in [-0.25, -0.2) is 0 Å². The zero-order valence-electron chi connectivity index (χ0n) is 9.44. The third kappa shape index (κ3) is 1.55. The minimum Gasteiger partial charge on any atom is -0.497 e. The lowest BCUT2D eigenvalue weighted by atomic mass is 10.0. The van der Waals surface area contributed by atoms with Crippen molar-refractivity contribution in [1.82, 2.24) is 0 Å². The molecule has 3 rings (SSSR count). The Morgan fingerprint density at radius 1 is 1.06 bits per heavy atom. The van der Waals surface area contributed by atoms with Crippen molar-refractivity contribution in [3.05, 3.63) is 42.0 Å². The number of rotatable bonds is 2.